The van der Waals surface area contributed by atoms with Crippen LogP contribution in [0.2, 0.25) is 0 Å². The van der Waals surface area contributed by atoms with Gasteiger partial charge in [-0.05, 0) is 39.2 Å². The molecule has 0 atom stereocenters. The SMILES string of the molecule is CC1(C)OB(c2cc([N+](=O)[O-])c(F)cc2C=O)OC1(C)C. The van der Waals surface area contributed by atoms with E-state index in [9.17, 15) is 19.3 Å². The molecule has 1 aromatic carbocycles. The van der Waals surface area contributed by atoms with Crippen LogP contribution in [-0.4, -0.2) is 29.5 Å². The predicted molar refractivity (Wildman–Crippen MR) is 74.2 cm³/mol. The first-order valence-electron chi connectivity index (χ1n) is 6.38. The van der Waals surface area contributed by atoms with Gasteiger partial charge in [-0.15, -0.1) is 0 Å². The van der Waals surface area contributed by atoms with Crippen molar-refractivity contribution in [1.82, 2.24) is 0 Å². The summed E-state index contributed by atoms with van der Waals surface area (Å²) in [7, 11) is -0.963. The van der Waals surface area contributed by atoms with E-state index in [1.54, 1.807) is 0 Å². The Morgan fingerprint density at radius 1 is 1.24 bits per heavy atom. The topological polar surface area (TPSA) is 78.7 Å². The molecule has 21 heavy (non-hydrogen) atoms. The van der Waals surface area contributed by atoms with Crippen LogP contribution in [0.5, 0.6) is 0 Å². The second kappa shape index (κ2) is 4.89. The van der Waals surface area contributed by atoms with Gasteiger partial charge in [0.2, 0.25) is 5.82 Å². The first-order valence-corrected chi connectivity index (χ1v) is 6.38. The molecule has 0 saturated carbocycles. The molecular weight excluding hydrogens is 280 g/mol. The lowest BCUT2D eigenvalue weighted by Gasteiger charge is -2.32. The maximum absolute atomic E-state index is 13.6. The molecule has 0 aromatic heterocycles. The van der Waals surface area contributed by atoms with Crippen molar-refractivity contribution in [2.45, 2.75) is 38.9 Å². The molecule has 6 nitrogen and oxygen atoms in total. The predicted octanol–water partition coefficient (Wildman–Crippen LogP) is 1.85. The molecule has 0 N–H and O–H groups in total. The van der Waals surface area contributed by atoms with Crippen LogP contribution in [0.3, 0.4) is 0 Å². The van der Waals surface area contributed by atoms with E-state index in [-0.39, 0.29) is 11.0 Å². The van der Waals surface area contributed by atoms with Crippen LogP contribution in [0, 0.1) is 15.9 Å². The molecule has 1 fully saturated rings. The molecule has 1 aromatic rings. The Hall–Kier alpha value is -1.80. The van der Waals surface area contributed by atoms with Gasteiger partial charge < -0.3 is 9.31 Å². The van der Waals surface area contributed by atoms with E-state index in [0.29, 0.717) is 6.29 Å². The molecule has 1 heterocycles. The second-order valence-electron chi connectivity index (χ2n) is 5.90. The summed E-state index contributed by atoms with van der Waals surface area (Å²) < 4.78 is 25.1. The van der Waals surface area contributed by atoms with E-state index in [1.807, 2.05) is 27.7 Å². The minimum atomic E-state index is -1.07. The van der Waals surface area contributed by atoms with Crippen LogP contribution in [0.15, 0.2) is 12.1 Å². The maximum atomic E-state index is 13.6. The molecule has 0 spiro atoms. The van der Waals surface area contributed by atoms with Gasteiger partial charge in [0.1, 0.15) is 6.29 Å². The molecule has 0 amide bonds. The average Bonchev–Trinajstić information content (AvgIpc) is 2.57. The minimum Gasteiger partial charge on any atom is -0.399 e. The Bertz CT molecular complexity index is 601. The van der Waals surface area contributed by atoms with Crippen LogP contribution >= 0.6 is 0 Å². The Morgan fingerprint density at radius 2 is 1.76 bits per heavy atom. The number of hydrogen-bond donors (Lipinski definition) is 0. The number of aldehydes is 1. The molecule has 2 rings (SSSR count). The molecule has 1 saturated heterocycles. The number of nitrogens with zero attached hydrogens (tertiary/aromatic N) is 1. The van der Waals surface area contributed by atoms with Gasteiger partial charge in [0, 0.05) is 11.6 Å². The Kier molecular flexibility index (Phi) is 3.63. The number of hydrogen-bond acceptors (Lipinski definition) is 5. The molecule has 0 aliphatic carbocycles. The van der Waals surface area contributed by atoms with Gasteiger partial charge in [-0.1, -0.05) is 0 Å². The van der Waals surface area contributed by atoms with Crippen molar-refractivity contribution in [3.8, 4) is 0 Å². The standard InChI is InChI=1S/C13H15BFNO5/c1-12(2)13(3,4)21-14(20-12)9-6-11(16(18)19)10(15)5-8(9)7-17/h5-7H,1-4H3. The number of carbonyl (C=O) groups is 1. The van der Waals surface area contributed by atoms with Crippen molar-refractivity contribution in [2.75, 3.05) is 0 Å². The van der Waals surface area contributed by atoms with Crippen molar-refractivity contribution < 1.29 is 23.4 Å². The Labute approximate surface area is 121 Å². The fraction of sp³-hybridized carbons (Fsp3) is 0.462. The fourth-order valence-electron chi connectivity index (χ4n) is 2.01. The Morgan fingerprint density at radius 3 is 2.19 bits per heavy atom. The van der Waals surface area contributed by atoms with Crippen molar-refractivity contribution in [2.24, 2.45) is 0 Å². The van der Waals surface area contributed by atoms with Crippen molar-refractivity contribution >= 4 is 24.6 Å². The summed E-state index contributed by atoms with van der Waals surface area (Å²) in [6, 6.07) is 1.81. The van der Waals surface area contributed by atoms with Crippen LogP contribution in [-0.2, 0) is 9.31 Å². The third kappa shape index (κ3) is 2.56. The first-order chi connectivity index (χ1) is 9.59. The van der Waals surface area contributed by atoms with E-state index in [1.165, 1.54) is 0 Å². The highest BCUT2D eigenvalue weighted by Crippen LogP contribution is 2.37. The molecule has 0 unspecified atom stereocenters. The highest BCUT2D eigenvalue weighted by Gasteiger charge is 2.52. The third-order valence-corrected chi connectivity index (χ3v) is 3.98. The van der Waals surface area contributed by atoms with Crippen LogP contribution in [0.4, 0.5) is 10.1 Å². The summed E-state index contributed by atoms with van der Waals surface area (Å²) >= 11 is 0. The van der Waals surface area contributed by atoms with Crippen LogP contribution in [0.1, 0.15) is 38.1 Å². The average molecular weight is 295 g/mol. The second-order valence-corrected chi connectivity index (χ2v) is 5.90. The third-order valence-electron chi connectivity index (χ3n) is 3.98. The van der Waals surface area contributed by atoms with Crippen molar-refractivity contribution in [3.05, 3.63) is 33.6 Å². The highest BCUT2D eigenvalue weighted by atomic mass is 19.1. The molecule has 1 aliphatic rings. The lowest BCUT2D eigenvalue weighted by atomic mass is 9.76. The fourth-order valence-corrected chi connectivity index (χ4v) is 2.01. The number of benzene rings is 1. The molecule has 0 bridgehead atoms. The monoisotopic (exact) mass is 295 g/mol. The minimum absolute atomic E-state index is 0.0309. The summed E-state index contributed by atoms with van der Waals surface area (Å²) in [5, 5.41) is 10.8. The van der Waals surface area contributed by atoms with Gasteiger partial charge in [-0.3, -0.25) is 14.9 Å². The molecular formula is C13H15BFNO5. The zero-order valence-electron chi connectivity index (χ0n) is 12.2. The van der Waals surface area contributed by atoms with Gasteiger partial charge in [0.15, 0.2) is 0 Å². The Balaban J connectivity index is 2.52. The number of rotatable bonds is 3. The zero-order valence-corrected chi connectivity index (χ0v) is 12.2. The molecule has 112 valence electrons. The summed E-state index contributed by atoms with van der Waals surface area (Å²) in [5.41, 5.74) is -1.93. The number of nitro groups is 1. The van der Waals surface area contributed by atoms with E-state index >= 15 is 0 Å². The first kappa shape index (κ1) is 15.6. The summed E-state index contributed by atoms with van der Waals surface area (Å²) in [4.78, 5) is 21.1. The maximum Gasteiger partial charge on any atom is 0.495 e. The van der Waals surface area contributed by atoms with Crippen molar-refractivity contribution in [3.63, 3.8) is 0 Å². The van der Waals surface area contributed by atoms with E-state index in [2.05, 4.69) is 0 Å². The smallest absolute Gasteiger partial charge is 0.399 e. The van der Waals surface area contributed by atoms with E-state index < -0.39 is 34.7 Å². The van der Waals surface area contributed by atoms with Gasteiger partial charge in [0.25, 0.3) is 0 Å². The quantitative estimate of drug-likeness (QED) is 0.368. The summed E-state index contributed by atoms with van der Waals surface area (Å²) in [6.45, 7) is 7.24. The zero-order chi connectivity index (χ0) is 16.0. The normalized spacial score (nSPS) is 19.6. The largest absolute Gasteiger partial charge is 0.495 e. The summed E-state index contributed by atoms with van der Waals surface area (Å²) in [6.07, 6.45) is 0.424. The van der Waals surface area contributed by atoms with Crippen molar-refractivity contribution in [1.29, 1.82) is 0 Å². The lowest BCUT2D eigenvalue weighted by Crippen LogP contribution is -2.41. The van der Waals surface area contributed by atoms with Crippen LogP contribution < -0.4 is 5.46 Å². The van der Waals surface area contributed by atoms with E-state index in [0.717, 1.165) is 12.1 Å². The van der Waals surface area contributed by atoms with Gasteiger partial charge in [0.05, 0.1) is 16.1 Å². The van der Waals surface area contributed by atoms with Crippen LogP contribution in [0.25, 0.3) is 0 Å². The number of carbonyl (C=O) groups excluding carboxylic acids is 1. The van der Waals surface area contributed by atoms with Gasteiger partial charge in [-0.2, -0.15) is 4.39 Å². The lowest BCUT2D eigenvalue weighted by molar-refractivity contribution is -0.387. The number of halogens is 1. The molecule has 0 radical (unpaired) electrons. The van der Waals surface area contributed by atoms with Gasteiger partial charge in [-0.25, -0.2) is 0 Å². The van der Waals surface area contributed by atoms with Gasteiger partial charge >= 0.3 is 12.8 Å². The number of nitro benzene ring substituents is 1. The highest BCUT2D eigenvalue weighted by molar-refractivity contribution is 6.63. The molecule has 8 heteroatoms. The summed E-state index contributed by atoms with van der Waals surface area (Å²) in [5.74, 6) is -1.07. The van der Waals surface area contributed by atoms with E-state index in [4.69, 9.17) is 9.31 Å². The molecule has 1 aliphatic heterocycles.